The third-order valence-electron chi connectivity index (χ3n) is 3.74. The Morgan fingerprint density at radius 1 is 1.43 bits per heavy atom. The Labute approximate surface area is 127 Å². The Morgan fingerprint density at radius 3 is 2.76 bits per heavy atom. The molecule has 1 saturated carbocycles. The van der Waals surface area contributed by atoms with Crippen LogP contribution in [0.15, 0.2) is 18.2 Å². The first-order valence-corrected chi connectivity index (χ1v) is 8.59. The minimum absolute atomic E-state index is 0.154. The van der Waals surface area contributed by atoms with E-state index in [4.69, 9.17) is 10.5 Å². The molecule has 1 aliphatic rings. The maximum atomic E-state index is 12.0. The Morgan fingerprint density at radius 2 is 2.14 bits per heavy atom. The highest BCUT2D eigenvalue weighted by molar-refractivity contribution is 7.85. The number of carbonyl (C=O) groups is 1. The van der Waals surface area contributed by atoms with Crippen LogP contribution in [0.4, 0.5) is 11.4 Å². The molecule has 0 bridgehead atoms. The third kappa shape index (κ3) is 4.46. The number of nitrogens with one attached hydrogen (secondary N) is 1. The smallest absolute Gasteiger partial charge is 0.225 e. The number of anilines is 2. The lowest BCUT2D eigenvalue weighted by molar-refractivity contribution is -0.115. The minimum Gasteiger partial charge on any atom is -0.497 e. The summed E-state index contributed by atoms with van der Waals surface area (Å²) in [5, 5.41) is 3.03. The lowest BCUT2D eigenvalue weighted by Crippen LogP contribution is -2.20. The van der Waals surface area contributed by atoms with Crippen molar-refractivity contribution in [1.82, 2.24) is 0 Å². The van der Waals surface area contributed by atoms with Crippen LogP contribution < -0.4 is 15.8 Å². The van der Waals surface area contributed by atoms with Gasteiger partial charge in [-0.3, -0.25) is 9.00 Å². The summed E-state index contributed by atoms with van der Waals surface area (Å²) in [6.07, 6.45) is 4.63. The average molecular weight is 310 g/mol. The van der Waals surface area contributed by atoms with Gasteiger partial charge in [-0.1, -0.05) is 12.8 Å². The molecule has 0 saturated heterocycles. The van der Waals surface area contributed by atoms with Crippen molar-refractivity contribution in [3.8, 4) is 5.75 Å². The molecule has 1 fully saturated rings. The van der Waals surface area contributed by atoms with E-state index < -0.39 is 10.8 Å². The van der Waals surface area contributed by atoms with Gasteiger partial charge in [0.1, 0.15) is 5.75 Å². The summed E-state index contributed by atoms with van der Waals surface area (Å²) in [7, 11) is 0.664. The minimum atomic E-state index is -0.896. The molecule has 1 aliphatic carbocycles. The van der Waals surface area contributed by atoms with Crippen LogP contribution >= 0.6 is 0 Å². The van der Waals surface area contributed by atoms with E-state index in [1.165, 1.54) is 0 Å². The second kappa shape index (κ2) is 7.45. The van der Waals surface area contributed by atoms with Crippen molar-refractivity contribution in [3.63, 3.8) is 0 Å². The number of benzene rings is 1. The Hall–Kier alpha value is -1.56. The van der Waals surface area contributed by atoms with Gasteiger partial charge >= 0.3 is 0 Å². The van der Waals surface area contributed by atoms with Crippen molar-refractivity contribution in [2.75, 3.05) is 23.9 Å². The topological polar surface area (TPSA) is 81.4 Å². The molecule has 1 aromatic rings. The molecule has 1 unspecified atom stereocenters. The van der Waals surface area contributed by atoms with Crippen molar-refractivity contribution < 1.29 is 13.7 Å². The summed E-state index contributed by atoms with van der Waals surface area (Å²) in [6.45, 7) is 0. The van der Waals surface area contributed by atoms with Crippen LogP contribution in [-0.4, -0.2) is 28.2 Å². The predicted octanol–water partition coefficient (Wildman–Crippen LogP) is 2.30. The second-order valence-corrected chi connectivity index (χ2v) is 7.08. The van der Waals surface area contributed by atoms with Gasteiger partial charge in [-0.25, -0.2) is 0 Å². The number of nitrogens with two attached hydrogens (primary N) is 1. The summed E-state index contributed by atoms with van der Waals surface area (Å²) in [4.78, 5) is 11.9. The van der Waals surface area contributed by atoms with Gasteiger partial charge in [0, 0.05) is 34.3 Å². The quantitative estimate of drug-likeness (QED) is 0.790. The number of hydrogen-bond donors (Lipinski definition) is 2. The maximum absolute atomic E-state index is 12.0. The Balaban J connectivity index is 1.82. The lowest BCUT2D eigenvalue weighted by Gasteiger charge is -2.11. The van der Waals surface area contributed by atoms with E-state index in [1.807, 2.05) is 0 Å². The highest BCUT2D eigenvalue weighted by atomic mass is 32.2. The van der Waals surface area contributed by atoms with E-state index >= 15 is 0 Å². The zero-order valence-corrected chi connectivity index (χ0v) is 13.1. The normalized spacial score (nSPS) is 16.6. The van der Waals surface area contributed by atoms with E-state index in [0.29, 0.717) is 22.9 Å². The second-order valence-electron chi connectivity index (χ2n) is 5.24. The molecule has 21 heavy (non-hydrogen) atoms. The highest BCUT2D eigenvalue weighted by Gasteiger charge is 2.21. The summed E-state index contributed by atoms with van der Waals surface area (Å²) in [5.74, 6) is 0.915. The van der Waals surface area contributed by atoms with E-state index in [2.05, 4.69) is 5.32 Å². The number of amides is 1. The molecular formula is C15H22N2O3S. The molecule has 0 aromatic heterocycles. The standard InChI is InChI=1S/C15H22N2O3S/c1-20-11-6-7-14(13(16)10-11)17-15(18)8-9-21(19)12-4-2-3-5-12/h6-7,10,12H,2-5,8-9,16H2,1H3,(H,17,18). The van der Waals surface area contributed by atoms with Crippen LogP contribution in [-0.2, 0) is 15.6 Å². The van der Waals surface area contributed by atoms with Crippen LogP contribution in [0.5, 0.6) is 5.75 Å². The summed E-state index contributed by atoms with van der Waals surface area (Å²) in [5.41, 5.74) is 6.87. The first kappa shape index (κ1) is 15.8. The highest BCUT2D eigenvalue weighted by Crippen LogP contribution is 2.25. The first-order chi connectivity index (χ1) is 10.1. The molecular weight excluding hydrogens is 288 g/mol. The number of methoxy groups -OCH3 is 1. The van der Waals surface area contributed by atoms with Crippen molar-refractivity contribution in [1.29, 1.82) is 0 Å². The van der Waals surface area contributed by atoms with Crippen LogP contribution in [0.1, 0.15) is 32.1 Å². The van der Waals surface area contributed by atoms with E-state index in [-0.39, 0.29) is 17.6 Å². The molecule has 1 amide bonds. The maximum Gasteiger partial charge on any atom is 0.225 e. The van der Waals surface area contributed by atoms with E-state index in [9.17, 15) is 9.00 Å². The fraction of sp³-hybridized carbons (Fsp3) is 0.533. The average Bonchev–Trinajstić information content (AvgIpc) is 3.01. The molecule has 5 nitrogen and oxygen atoms in total. The summed E-state index contributed by atoms with van der Waals surface area (Å²) in [6, 6.07) is 5.11. The Bertz CT molecular complexity index is 528. The number of nitrogen functional groups attached to an aromatic ring is 1. The number of carbonyl (C=O) groups excluding carboxylic acids is 1. The molecule has 116 valence electrons. The SMILES string of the molecule is COc1ccc(NC(=O)CCS(=O)C2CCCC2)c(N)c1. The van der Waals surface area contributed by atoms with Gasteiger partial charge in [-0.15, -0.1) is 0 Å². The molecule has 1 atom stereocenters. The van der Waals surface area contributed by atoms with Crippen LogP contribution in [0.25, 0.3) is 0 Å². The van der Waals surface area contributed by atoms with Crippen LogP contribution in [0, 0.1) is 0 Å². The van der Waals surface area contributed by atoms with Gasteiger partial charge in [-0.2, -0.15) is 0 Å². The first-order valence-electron chi connectivity index (χ1n) is 7.20. The van der Waals surface area contributed by atoms with Gasteiger partial charge in [0.25, 0.3) is 0 Å². The fourth-order valence-corrected chi connectivity index (χ4v) is 4.08. The molecule has 3 N–H and O–H groups in total. The third-order valence-corrected chi connectivity index (χ3v) is 5.56. The van der Waals surface area contributed by atoms with Crippen molar-refractivity contribution in [2.45, 2.75) is 37.4 Å². The number of ether oxygens (including phenoxy) is 1. The fourth-order valence-electron chi connectivity index (χ4n) is 2.51. The molecule has 0 heterocycles. The molecule has 0 aliphatic heterocycles. The van der Waals surface area contributed by atoms with E-state index in [1.54, 1.807) is 25.3 Å². The molecule has 6 heteroatoms. The van der Waals surface area contributed by atoms with Gasteiger partial charge < -0.3 is 15.8 Å². The van der Waals surface area contributed by atoms with Crippen molar-refractivity contribution >= 4 is 28.1 Å². The van der Waals surface area contributed by atoms with Gasteiger partial charge in [0.05, 0.1) is 18.5 Å². The van der Waals surface area contributed by atoms with Crippen LogP contribution in [0.2, 0.25) is 0 Å². The van der Waals surface area contributed by atoms with Crippen molar-refractivity contribution in [3.05, 3.63) is 18.2 Å². The molecule has 2 rings (SSSR count). The molecule has 0 spiro atoms. The zero-order chi connectivity index (χ0) is 15.2. The van der Waals surface area contributed by atoms with E-state index in [0.717, 1.165) is 25.7 Å². The lowest BCUT2D eigenvalue weighted by atomic mass is 10.2. The molecule has 0 radical (unpaired) electrons. The summed E-state index contributed by atoms with van der Waals surface area (Å²) < 4.78 is 17.1. The monoisotopic (exact) mass is 310 g/mol. The van der Waals surface area contributed by atoms with Gasteiger partial charge in [0.15, 0.2) is 0 Å². The van der Waals surface area contributed by atoms with Gasteiger partial charge in [-0.05, 0) is 25.0 Å². The molecule has 1 aromatic carbocycles. The summed E-state index contributed by atoms with van der Waals surface area (Å²) >= 11 is 0. The number of rotatable bonds is 6. The largest absolute Gasteiger partial charge is 0.497 e. The van der Waals surface area contributed by atoms with Crippen LogP contribution in [0.3, 0.4) is 0 Å². The van der Waals surface area contributed by atoms with Gasteiger partial charge in [0.2, 0.25) is 5.91 Å². The number of hydrogen-bond acceptors (Lipinski definition) is 4. The van der Waals surface area contributed by atoms with Crippen molar-refractivity contribution in [2.24, 2.45) is 0 Å². The Kier molecular flexibility index (Phi) is 5.61. The predicted molar refractivity (Wildman–Crippen MR) is 85.9 cm³/mol. The zero-order valence-electron chi connectivity index (χ0n) is 12.3.